The van der Waals surface area contributed by atoms with Crippen LogP contribution >= 0.6 is 0 Å². The highest BCUT2D eigenvalue weighted by atomic mass is 16.5. The molecule has 0 unspecified atom stereocenters. The summed E-state index contributed by atoms with van der Waals surface area (Å²) >= 11 is 0. The smallest absolute Gasteiger partial charge is 0.278 e. The normalized spacial score (nSPS) is 10.9. The summed E-state index contributed by atoms with van der Waals surface area (Å²) < 4.78 is 23.7. The maximum absolute atomic E-state index is 13.2. The van der Waals surface area contributed by atoms with Crippen LogP contribution in [-0.2, 0) is 11.3 Å². The van der Waals surface area contributed by atoms with E-state index in [1.54, 1.807) is 57.0 Å². The van der Waals surface area contributed by atoms with Crippen LogP contribution in [0.5, 0.6) is 23.0 Å². The highest BCUT2D eigenvalue weighted by molar-refractivity contribution is 6.03. The maximum atomic E-state index is 13.2. The van der Waals surface area contributed by atoms with Gasteiger partial charge in [0, 0.05) is 12.8 Å². The van der Waals surface area contributed by atoms with Crippen LogP contribution in [0.4, 0.5) is 5.69 Å². The fourth-order valence-electron chi connectivity index (χ4n) is 4.21. The average Bonchev–Trinajstić information content (AvgIpc) is 3.33. The Labute approximate surface area is 225 Å². The van der Waals surface area contributed by atoms with Gasteiger partial charge in [-0.1, -0.05) is 24.3 Å². The van der Waals surface area contributed by atoms with Gasteiger partial charge in [0.15, 0.2) is 22.8 Å². The highest BCUT2D eigenvalue weighted by Gasteiger charge is 2.23. The van der Waals surface area contributed by atoms with E-state index in [1.807, 2.05) is 48.5 Å². The number of amides is 1. The number of aryl methyl sites for hydroxylation is 1. The van der Waals surface area contributed by atoms with Gasteiger partial charge in [0.25, 0.3) is 5.91 Å². The van der Waals surface area contributed by atoms with Crippen LogP contribution in [0.15, 0.2) is 72.8 Å². The van der Waals surface area contributed by atoms with E-state index in [0.717, 1.165) is 16.9 Å². The zero-order valence-corrected chi connectivity index (χ0v) is 22.0. The molecular formula is C29H27N5O5. The number of hydrogen-bond acceptors (Lipinski definition) is 8. The molecule has 1 N–H and O–H groups in total. The van der Waals surface area contributed by atoms with Crippen molar-refractivity contribution < 1.29 is 23.7 Å². The molecule has 5 aromatic rings. The monoisotopic (exact) mass is 525 g/mol. The van der Waals surface area contributed by atoms with Gasteiger partial charge in [-0.25, -0.2) is 4.52 Å². The van der Waals surface area contributed by atoms with Crippen LogP contribution in [-0.4, -0.2) is 47.0 Å². The fraction of sp³-hybridized carbons (Fsp3) is 0.172. The number of nitrogens with zero attached hydrogens (tertiary/aromatic N) is 4. The highest BCUT2D eigenvalue weighted by Crippen LogP contribution is 2.36. The zero-order valence-electron chi connectivity index (χ0n) is 22.0. The number of ether oxygens (including phenoxy) is 4. The molecule has 1 amide bonds. The van der Waals surface area contributed by atoms with Gasteiger partial charge in [0.05, 0.1) is 37.8 Å². The minimum absolute atomic E-state index is 0.150. The molecule has 0 radical (unpaired) electrons. The van der Waals surface area contributed by atoms with Crippen LogP contribution in [0.3, 0.4) is 0 Å². The van der Waals surface area contributed by atoms with Crippen molar-refractivity contribution >= 4 is 17.2 Å². The van der Waals surface area contributed by atoms with Gasteiger partial charge in [-0.05, 0) is 61.0 Å². The molecular weight excluding hydrogens is 498 g/mol. The second kappa shape index (κ2) is 11.2. The summed E-state index contributed by atoms with van der Waals surface area (Å²) in [4.78, 5) is 13.2. The largest absolute Gasteiger partial charge is 0.493 e. The second-order valence-corrected chi connectivity index (χ2v) is 8.59. The number of fused-ring (bicyclic) bond motifs is 1. The third-order valence-electron chi connectivity index (χ3n) is 6.10. The minimum atomic E-state index is -0.407. The second-order valence-electron chi connectivity index (χ2n) is 8.59. The van der Waals surface area contributed by atoms with E-state index in [-0.39, 0.29) is 12.3 Å². The van der Waals surface area contributed by atoms with Crippen molar-refractivity contribution in [2.45, 2.75) is 13.5 Å². The van der Waals surface area contributed by atoms with Crippen molar-refractivity contribution in [1.29, 1.82) is 0 Å². The molecule has 0 bridgehead atoms. The summed E-state index contributed by atoms with van der Waals surface area (Å²) in [5, 5.41) is 16.2. The van der Waals surface area contributed by atoms with Gasteiger partial charge < -0.3 is 24.3 Å². The number of rotatable bonds is 9. The molecule has 0 fully saturated rings. The van der Waals surface area contributed by atoms with Gasteiger partial charge in [-0.3, -0.25) is 4.79 Å². The van der Waals surface area contributed by atoms with Gasteiger partial charge in [0.2, 0.25) is 0 Å². The molecule has 0 spiro atoms. The summed E-state index contributed by atoms with van der Waals surface area (Å²) in [6.07, 6.45) is 0. The van der Waals surface area contributed by atoms with Crippen LogP contribution in [0.2, 0.25) is 0 Å². The predicted octanol–water partition coefficient (Wildman–Crippen LogP) is 5.31. The quantitative estimate of drug-likeness (QED) is 0.276. The molecule has 10 heteroatoms. The van der Waals surface area contributed by atoms with E-state index in [1.165, 1.54) is 0 Å². The number of methoxy groups -OCH3 is 3. The van der Waals surface area contributed by atoms with E-state index < -0.39 is 5.91 Å². The van der Waals surface area contributed by atoms with Gasteiger partial charge >= 0.3 is 0 Å². The number of hydrogen-bond donors (Lipinski definition) is 1. The lowest BCUT2D eigenvalue weighted by Crippen LogP contribution is -2.18. The lowest BCUT2D eigenvalue weighted by molar-refractivity contribution is 0.102. The van der Waals surface area contributed by atoms with Gasteiger partial charge in [0.1, 0.15) is 11.5 Å². The topological polar surface area (TPSA) is 109 Å². The first-order valence-electron chi connectivity index (χ1n) is 12.1. The van der Waals surface area contributed by atoms with Crippen molar-refractivity contribution in [1.82, 2.24) is 19.8 Å². The van der Waals surface area contributed by atoms with E-state index >= 15 is 0 Å². The minimum Gasteiger partial charge on any atom is -0.493 e. The van der Waals surface area contributed by atoms with Crippen molar-refractivity contribution in [3.8, 4) is 34.1 Å². The predicted molar refractivity (Wildman–Crippen MR) is 146 cm³/mol. The standard InChI is InChI=1S/C29H27N5O5/c1-18-27(29(35)30-20-11-13-22(14-12-20)39-21-8-6-5-7-9-21)31-32-28-26(23(17-36-2)33-34(18)28)19-10-15-24(37-3)25(16-19)38-4/h5-16H,17H2,1-4H3,(H,30,35). The maximum Gasteiger partial charge on any atom is 0.278 e. The number of anilines is 1. The number of para-hydroxylation sites is 1. The van der Waals surface area contributed by atoms with E-state index in [9.17, 15) is 4.79 Å². The molecule has 0 aliphatic rings. The first-order chi connectivity index (χ1) is 19.0. The fourth-order valence-corrected chi connectivity index (χ4v) is 4.21. The van der Waals surface area contributed by atoms with E-state index in [2.05, 4.69) is 15.5 Å². The molecule has 2 aromatic heterocycles. The van der Waals surface area contributed by atoms with E-state index in [4.69, 9.17) is 24.0 Å². The number of carbonyl (C=O) groups excluding carboxylic acids is 1. The number of carbonyl (C=O) groups is 1. The summed E-state index contributed by atoms with van der Waals surface area (Å²) in [6, 6.07) is 22.1. The molecule has 5 rings (SSSR count). The number of benzene rings is 3. The Morgan fingerprint density at radius 2 is 1.59 bits per heavy atom. The van der Waals surface area contributed by atoms with Crippen LogP contribution in [0.25, 0.3) is 16.8 Å². The lowest BCUT2D eigenvalue weighted by atomic mass is 10.1. The molecule has 0 aliphatic carbocycles. The summed E-state index contributed by atoms with van der Waals surface area (Å²) in [7, 11) is 4.75. The molecule has 39 heavy (non-hydrogen) atoms. The summed E-state index contributed by atoms with van der Waals surface area (Å²) in [6.45, 7) is 2.01. The van der Waals surface area contributed by atoms with Crippen LogP contribution in [0, 0.1) is 6.92 Å². The molecule has 0 saturated carbocycles. The molecule has 198 valence electrons. The van der Waals surface area contributed by atoms with Crippen molar-refractivity contribution in [3.63, 3.8) is 0 Å². The third kappa shape index (κ3) is 5.23. The summed E-state index contributed by atoms with van der Waals surface area (Å²) in [5.74, 6) is 2.15. The molecule has 0 atom stereocenters. The number of aromatic nitrogens is 4. The summed E-state index contributed by atoms with van der Waals surface area (Å²) in [5.41, 5.74) is 3.95. The Hall–Kier alpha value is -4.96. The molecule has 10 nitrogen and oxygen atoms in total. The third-order valence-corrected chi connectivity index (χ3v) is 6.10. The Bertz CT molecular complexity index is 1620. The first kappa shape index (κ1) is 25.7. The molecule has 3 aromatic carbocycles. The van der Waals surface area contributed by atoms with Crippen LogP contribution in [0.1, 0.15) is 21.9 Å². The SMILES string of the molecule is COCc1nn2c(C)c(C(=O)Nc3ccc(Oc4ccccc4)cc3)nnc2c1-c1ccc(OC)c(OC)c1. The average molecular weight is 526 g/mol. The van der Waals surface area contributed by atoms with Crippen molar-refractivity contribution in [3.05, 3.63) is 89.9 Å². The Morgan fingerprint density at radius 1 is 0.872 bits per heavy atom. The first-order valence-corrected chi connectivity index (χ1v) is 12.1. The lowest BCUT2D eigenvalue weighted by Gasteiger charge is -2.10. The number of nitrogens with one attached hydrogen (secondary N) is 1. The molecule has 0 saturated heterocycles. The Balaban J connectivity index is 1.43. The van der Waals surface area contributed by atoms with Gasteiger partial charge in [-0.15, -0.1) is 10.2 Å². The van der Waals surface area contributed by atoms with Gasteiger partial charge in [-0.2, -0.15) is 5.10 Å². The van der Waals surface area contributed by atoms with Crippen molar-refractivity contribution in [2.24, 2.45) is 0 Å². The molecule has 0 aliphatic heterocycles. The Kier molecular flexibility index (Phi) is 7.37. The van der Waals surface area contributed by atoms with E-state index in [0.29, 0.717) is 40.0 Å². The Morgan fingerprint density at radius 3 is 2.28 bits per heavy atom. The van der Waals surface area contributed by atoms with Crippen molar-refractivity contribution in [2.75, 3.05) is 26.6 Å². The molecule has 2 heterocycles. The zero-order chi connectivity index (χ0) is 27.4. The van der Waals surface area contributed by atoms with Crippen LogP contribution < -0.4 is 19.5 Å².